The molecule has 0 aliphatic carbocycles. The maximum Gasteiger partial charge on any atom is 0.328 e. The van der Waals surface area contributed by atoms with Gasteiger partial charge in [-0.15, -0.1) is 0 Å². The number of amides is 14. The van der Waals surface area contributed by atoms with E-state index >= 15 is 0 Å². The number of likely N-dealkylation sites (tertiary alicyclic amines) is 3. The lowest BCUT2D eigenvalue weighted by Crippen LogP contribution is -2.61. The summed E-state index contributed by atoms with van der Waals surface area (Å²) in [5, 5.41) is 63.1. The van der Waals surface area contributed by atoms with Crippen molar-refractivity contribution >= 4 is 94.6 Å². The summed E-state index contributed by atoms with van der Waals surface area (Å²) >= 11 is 0. The van der Waals surface area contributed by atoms with Gasteiger partial charge >= 0.3 is 11.9 Å². The minimum Gasteiger partial charge on any atom is -0.481 e. The summed E-state index contributed by atoms with van der Waals surface area (Å²) in [5.74, 6) is -16.5. The number of carboxylic acids is 2. The predicted molar refractivity (Wildman–Crippen MR) is 357 cm³/mol. The minimum absolute atomic E-state index is 0.00593. The van der Waals surface area contributed by atoms with Crippen LogP contribution >= 0.6 is 0 Å². The normalized spacial score (nSPS) is 19.2. The summed E-state index contributed by atoms with van der Waals surface area (Å²) in [4.78, 5) is 220. The van der Waals surface area contributed by atoms with Crippen LogP contribution in [0.15, 0.2) is 0 Å². The van der Waals surface area contributed by atoms with Crippen LogP contribution in [0.4, 0.5) is 0 Å². The van der Waals surface area contributed by atoms with Crippen molar-refractivity contribution < 1.29 is 97.1 Å². The molecule has 0 spiro atoms. The molecule has 14 amide bonds. The van der Waals surface area contributed by atoms with Crippen LogP contribution in [0.1, 0.15) is 159 Å². The van der Waals surface area contributed by atoms with Gasteiger partial charge in [-0.2, -0.15) is 0 Å². The SMILES string of the molecule is CC[C@H](C)[C@H](NC(=O)[C@@H]1CCCN1C(=O)[C@H](CCCCN)NC(=O)CN)C(=O)N1CCC[C@H]1C(=O)N[C@@H](CC(N)=O)C(=O)N1CCC[C@H]1C(=O)N[C@@H](CC(C)C)C(=O)N[C@@H](CC(C)C)C(=O)NCC(=O)N[C@@H](CC(C)C)C(=O)N[C@@H](CC(=O)O)C(=O)N[C@@H](CO)C(=O)N[C@H](C(=O)O)[C@@H](C)O. The monoisotopic (exact) mass is 1420 g/mol. The van der Waals surface area contributed by atoms with Gasteiger partial charge in [0.25, 0.3) is 0 Å². The van der Waals surface area contributed by atoms with Crippen LogP contribution in [0.25, 0.3) is 0 Å². The van der Waals surface area contributed by atoms with E-state index in [1.807, 2.05) is 17.6 Å². The fourth-order valence-electron chi connectivity index (χ4n) is 12.0. The molecule has 564 valence electrons. The zero-order chi connectivity index (χ0) is 75.4. The molecule has 36 heteroatoms. The molecule has 100 heavy (non-hydrogen) atoms. The zero-order valence-electron chi connectivity index (χ0n) is 58.8. The van der Waals surface area contributed by atoms with Gasteiger partial charge in [-0.05, 0) is 114 Å². The van der Waals surface area contributed by atoms with E-state index in [-0.39, 0.29) is 95.3 Å². The highest BCUT2D eigenvalue weighted by Gasteiger charge is 2.46. The van der Waals surface area contributed by atoms with E-state index in [0.717, 1.165) is 11.8 Å². The third kappa shape index (κ3) is 26.8. The number of aliphatic carboxylic acids is 2. The highest BCUT2D eigenvalue weighted by atomic mass is 16.4. The summed E-state index contributed by atoms with van der Waals surface area (Å²) in [6, 6.07) is -17.0. The molecule has 0 saturated carbocycles. The Kier molecular flexibility index (Phi) is 35.8. The van der Waals surface area contributed by atoms with Gasteiger partial charge in [0, 0.05) is 19.6 Å². The summed E-state index contributed by atoms with van der Waals surface area (Å²) in [6.07, 6.45) is -0.133. The maximum atomic E-state index is 14.6. The van der Waals surface area contributed by atoms with Gasteiger partial charge in [-0.3, -0.25) is 71.9 Å². The largest absolute Gasteiger partial charge is 0.481 e. The van der Waals surface area contributed by atoms with Crippen molar-refractivity contribution in [2.24, 2.45) is 40.9 Å². The van der Waals surface area contributed by atoms with Gasteiger partial charge in [0.15, 0.2) is 6.04 Å². The van der Waals surface area contributed by atoms with Crippen molar-refractivity contribution in [3.63, 3.8) is 0 Å². The topological polar surface area (TPSA) is 562 Å². The highest BCUT2D eigenvalue weighted by Crippen LogP contribution is 2.26. The minimum atomic E-state index is -1.93. The predicted octanol–water partition coefficient (Wildman–Crippen LogP) is -5.48. The first-order chi connectivity index (χ1) is 47.0. The Morgan fingerprint density at radius 3 is 1.33 bits per heavy atom. The van der Waals surface area contributed by atoms with Crippen molar-refractivity contribution in [3.05, 3.63) is 0 Å². The Morgan fingerprint density at radius 2 is 0.890 bits per heavy atom. The summed E-state index contributed by atoms with van der Waals surface area (Å²) in [5.41, 5.74) is 16.9. The third-order valence-electron chi connectivity index (χ3n) is 17.4. The standard InChI is InChI=1S/C64H108N16O20/c1-10-35(8)51(76-60(95)46-19-14-21-78(46)61(96)37(16-11-12-20-65)69-48(84)29-66)63(98)80-23-15-18-45(80)59(94)74-42(27-47(67)83)62(97)79-22-13-17-44(79)58(93)73-40(26-34(6)7)55(90)71-38(24-32(2)3)53(88)68-30-49(85)70-39(25-33(4)5)54(89)72-41(28-50(86)87)56(91)75-43(31-81)57(92)77-52(36(9)82)64(99)100/h32-46,51-52,81-82H,10-31,65-66H2,1-9H3,(H2,67,83)(H,68,88)(H,69,84)(H,70,85)(H,71,90)(H,72,89)(H,73,93)(H,74,94)(H,75,91)(H,76,95)(H,77,92)(H,86,87)(H,99,100)/t35-,36+,37-,38-,39-,40-,41-,42-,43-,44-,45-,46-,51-,52-/m0/s1. The van der Waals surface area contributed by atoms with Crippen molar-refractivity contribution in [1.82, 2.24) is 67.9 Å². The van der Waals surface area contributed by atoms with Gasteiger partial charge in [0.2, 0.25) is 82.7 Å². The van der Waals surface area contributed by atoms with Crippen molar-refractivity contribution in [2.75, 3.05) is 45.9 Å². The Hall–Kier alpha value is -8.64. The second kappa shape index (κ2) is 41.8. The first kappa shape index (κ1) is 85.6. The van der Waals surface area contributed by atoms with Gasteiger partial charge in [0.1, 0.15) is 66.5 Å². The molecule has 0 aromatic rings. The number of hydrogen-bond acceptors (Lipinski definition) is 20. The number of nitrogens with one attached hydrogen (secondary N) is 10. The molecule has 3 fully saturated rings. The molecule has 0 aromatic heterocycles. The van der Waals surface area contributed by atoms with E-state index in [0.29, 0.717) is 38.6 Å². The average Bonchev–Trinajstić information content (AvgIpc) is 1.61. The molecule has 36 nitrogen and oxygen atoms in total. The molecule has 0 bridgehead atoms. The molecule has 3 heterocycles. The number of carbonyl (C=O) groups excluding carboxylic acids is 14. The van der Waals surface area contributed by atoms with Crippen LogP contribution in [0.5, 0.6) is 0 Å². The van der Waals surface area contributed by atoms with E-state index in [2.05, 4.69) is 42.5 Å². The number of carboxylic acid groups (broad SMARTS) is 2. The quantitative estimate of drug-likeness (QED) is 0.0254. The van der Waals surface area contributed by atoms with Crippen molar-refractivity contribution in [2.45, 2.75) is 237 Å². The molecule has 3 rings (SSSR count). The number of unbranched alkanes of at least 4 members (excludes halogenated alkanes) is 1. The fraction of sp³-hybridized carbons (Fsp3) is 0.750. The summed E-state index contributed by atoms with van der Waals surface area (Å²) in [6.45, 7) is 13.3. The Balaban J connectivity index is 1.77. The van der Waals surface area contributed by atoms with E-state index in [1.54, 1.807) is 48.5 Å². The molecular weight excluding hydrogens is 1310 g/mol. The lowest BCUT2D eigenvalue weighted by atomic mass is 9.96. The number of aliphatic hydroxyl groups is 2. The van der Waals surface area contributed by atoms with Gasteiger partial charge in [0.05, 0.1) is 38.6 Å². The van der Waals surface area contributed by atoms with Crippen LogP contribution in [0.3, 0.4) is 0 Å². The van der Waals surface area contributed by atoms with Gasteiger partial charge in [-0.25, -0.2) is 4.79 Å². The third-order valence-corrected chi connectivity index (χ3v) is 17.4. The van der Waals surface area contributed by atoms with Crippen LogP contribution in [-0.2, 0) is 76.7 Å². The Bertz CT molecular complexity index is 2900. The van der Waals surface area contributed by atoms with Crippen LogP contribution < -0.4 is 70.4 Å². The molecule has 0 unspecified atom stereocenters. The van der Waals surface area contributed by atoms with E-state index < -0.39 is 205 Å². The fourth-order valence-corrected chi connectivity index (χ4v) is 12.0. The molecular formula is C64H108N16O20. The highest BCUT2D eigenvalue weighted by molar-refractivity contribution is 6.01. The lowest BCUT2D eigenvalue weighted by Gasteiger charge is -2.34. The van der Waals surface area contributed by atoms with Crippen LogP contribution in [0, 0.1) is 23.7 Å². The summed E-state index contributed by atoms with van der Waals surface area (Å²) in [7, 11) is 0. The molecule has 0 radical (unpaired) electrons. The first-order valence-electron chi connectivity index (χ1n) is 34.3. The smallest absolute Gasteiger partial charge is 0.328 e. The second-order valence-electron chi connectivity index (χ2n) is 27.1. The molecule has 3 aliphatic heterocycles. The second-order valence-corrected chi connectivity index (χ2v) is 27.1. The van der Waals surface area contributed by atoms with E-state index in [1.165, 1.54) is 9.80 Å². The lowest BCUT2D eigenvalue weighted by molar-refractivity contribution is -0.146. The summed E-state index contributed by atoms with van der Waals surface area (Å²) < 4.78 is 0. The number of nitrogens with zero attached hydrogens (tertiary/aromatic N) is 3. The van der Waals surface area contributed by atoms with Crippen LogP contribution in [0.2, 0.25) is 0 Å². The van der Waals surface area contributed by atoms with E-state index in [9.17, 15) is 97.1 Å². The number of hydrogen-bond donors (Lipinski definition) is 17. The number of carbonyl (C=O) groups is 16. The first-order valence-corrected chi connectivity index (χ1v) is 34.3. The number of nitrogens with two attached hydrogens (primary N) is 3. The maximum absolute atomic E-state index is 14.6. The van der Waals surface area contributed by atoms with E-state index in [4.69, 9.17) is 17.2 Å². The molecule has 3 aliphatic rings. The van der Waals surface area contributed by atoms with Crippen molar-refractivity contribution in [1.29, 1.82) is 0 Å². The average molecular weight is 1420 g/mol. The molecule has 3 saturated heterocycles. The van der Waals surface area contributed by atoms with Crippen LogP contribution in [-0.4, -0.2) is 254 Å². The van der Waals surface area contributed by atoms with Crippen molar-refractivity contribution in [3.8, 4) is 0 Å². The number of aliphatic hydroxyl groups excluding tert-OH is 2. The van der Waals surface area contributed by atoms with Gasteiger partial charge in [-0.1, -0.05) is 61.8 Å². The zero-order valence-corrected chi connectivity index (χ0v) is 58.8. The van der Waals surface area contributed by atoms with Gasteiger partial charge < -0.3 is 105 Å². The Morgan fingerprint density at radius 1 is 0.470 bits per heavy atom. The molecule has 14 atom stereocenters. The number of rotatable bonds is 42. The Labute approximate surface area is 581 Å². The number of primary amides is 1. The molecule has 20 N–H and O–H groups in total. The molecule has 0 aromatic carbocycles.